The van der Waals surface area contributed by atoms with Crippen LogP contribution in [0.5, 0.6) is 0 Å². The number of aromatic amines is 1. The third kappa shape index (κ3) is 3.00. The molecule has 7 heteroatoms. The third-order valence-electron chi connectivity index (χ3n) is 4.40. The highest BCUT2D eigenvalue weighted by Crippen LogP contribution is 2.27. The number of carbonyl (C=O) groups excluding carboxylic acids is 1. The van der Waals surface area contributed by atoms with Crippen molar-refractivity contribution in [2.45, 2.75) is 12.8 Å². The summed E-state index contributed by atoms with van der Waals surface area (Å²) >= 11 is 0. The first-order chi connectivity index (χ1) is 12.2. The molecule has 2 aromatic heterocycles. The number of nitrogens with zero attached hydrogens (tertiary/aromatic N) is 4. The Hall–Kier alpha value is -3.09. The quantitative estimate of drug-likeness (QED) is 0.778. The Kier molecular flexibility index (Phi) is 3.97. The van der Waals surface area contributed by atoms with Crippen LogP contribution in [-0.2, 0) is 12.8 Å². The molecule has 1 aliphatic rings. The van der Waals surface area contributed by atoms with Gasteiger partial charge in [0.25, 0.3) is 5.91 Å². The molecule has 0 saturated carbocycles. The van der Waals surface area contributed by atoms with Gasteiger partial charge < -0.3 is 4.90 Å². The fourth-order valence-electron chi connectivity index (χ4n) is 3.10. The molecule has 6 nitrogen and oxygen atoms in total. The molecule has 3 aromatic rings. The molecule has 0 saturated heterocycles. The predicted octanol–water partition coefficient (Wildman–Crippen LogP) is 2.25. The highest BCUT2D eigenvalue weighted by atomic mass is 19.1. The Balaban J connectivity index is 1.57. The first-order valence-electron chi connectivity index (χ1n) is 8.10. The van der Waals surface area contributed by atoms with Crippen LogP contribution in [0.15, 0.2) is 42.9 Å². The molecule has 0 bridgehead atoms. The number of rotatable bonds is 2. The average Bonchev–Trinajstić information content (AvgIpc) is 2.94. The van der Waals surface area contributed by atoms with E-state index in [0.29, 0.717) is 31.6 Å². The van der Waals surface area contributed by atoms with Gasteiger partial charge in [0.15, 0.2) is 0 Å². The maximum absolute atomic E-state index is 13.2. The highest BCUT2D eigenvalue weighted by molar-refractivity contribution is 5.92. The zero-order valence-electron chi connectivity index (χ0n) is 13.4. The first kappa shape index (κ1) is 15.4. The number of benzene rings is 1. The molecule has 0 unspecified atom stereocenters. The average molecular weight is 337 g/mol. The van der Waals surface area contributed by atoms with E-state index >= 15 is 0 Å². The lowest BCUT2D eigenvalue weighted by Crippen LogP contribution is -2.34. The van der Waals surface area contributed by atoms with Gasteiger partial charge in [0.05, 0.1) is 11.9 Å². The van der Waals surface area contributed by atoms with Crippen molar-refractivity contribution < 1.29 is 9.18 Å². The lowest BCUT2D eigenvalue weighted by atomic mass is 10.0. The topological polar surface area (TPSA) is 74.8 Å². The van der Waals surface area contributed by atoms with Crippen LogP contribution in [-0.4, -0.2) is 44.1 Å². The summed E-state index contributed by atoms with van der Waals surface area (Å²) in [4.78, 5) is 22.4. The molecule has 3 heterocycles. The van der Waals surface area contributed by atoms with Crippen LogP contribution in [0.3, 0.4) is 0 Å². The summed E-state index contributed by atoms with van der Waals surface area (Å²) in [6, 6.07) is 6.30. The van der Waals surface area contributed by atoms with Gasteiger partial charge in [-0.25, -0.2) is 9.37 Å². The van der Waals surface area contributed by atoms with Gasteiger partial charge in [-0.05, 0) is 30.7 Å². The van der Waals surface area contributed by atoms with Crippen molar-refractivity contribution in [1.29, 1.82) is 0 Å². The maximum Gasteiger partial charge on any atom is 0.274 e. The molecule has 0 atom stereocenters. The van der Waals surface area contributed by atoms with Crippen molar-refractivity contribution in [2.75, 3.05) is 13.1 Å². The molecular weight excluding hydrogens is 321 g/mol. The molecule has 1 aliphatic heterocycles. The molecule has 1 amide bonds. The summed E-state index contributed by atoms with van der Waals surface area (Å²) in [5.41, 5.74) is 4.15. The van der Waals surface area contributed by atoms with Crippen molar-refractivity contribution in [1.82, 2.24) is 25.1 Å². The molecule has 25 heavy (non-hydrogen) atoms. The van der Waals surface area contributed by atoms with Gasteiger partial charge in [-0.3, -0.25) is 14.9 Å². The highest BCUT2D eigenvalue weighted by Gasteiger charge is 2.24. The number of aromatic nitrogens is 4. The van der Waals surface area contributed by atoms with Gasteiger partial charge in [0.1, 0.15) is 11.5 Å². The fourth-order valence-corrected chi connectivity index (χ4v) is 3.10. The second-order valence-electron chi connectivity index (χ2n) is 5.92. The van der Waals surface area contributed by atoms with E-state index in [1.807, 2.05) is 0 Å². The maximum atomic E-state index is 13.2. The minimum Gasteiger partial charge on any atom is -0.337 e. The molecule has 1 aromatic carbocycles. The molecule has 0 radical (unpaired) electrons. The van der Waals surface area contributed by atoms with E-state index in [0.717, 1.165) is 22.5 Å². The van der Waals surface area contributed by atoms with E-state index in [1.54, 1.807) is 23.2 Å². The summed E-state index contributed by atoms with van der Waals surface area (Å²) in [5.74, 6) is -0.388. The van der Waals surface area contributed by atoms with Crippen LogP contribution >= 0.6 is 0 Å². The van der Waals surface area contributed by atoms with Crippen LogP contribution in [0.25, 0.3) is 11.3 Å². The number of fused-ring (bicyclic) bond motifs is 1. The zero-order chi connectivity index (χ0) is 17.2. The van der Waals surface area contributed by atoms with Crippen LogP contribution < -0.4 is 0 Å². The van der Waals surface area contributed by atoms with Crippen LogP contribution in [0.1, 0.15) is 21.7 Å². The molecule has 126 valence electrons. The van der Waals surface area contributed by atoms with E-state index in [1.165, 1.54) is 24.5 Å². The normalized spacial score (nSPS) is 14.0. The number of carbonyl (C=O) groups is 1. The SMILES string of the molecule is O=C(c1cnccn1)N1CCc2[nH]nc(-c3ccc(F)cc3)c2CC1. The number of nitrogens with one attached hydrogen (secondary N) is 1. The largest absolute Gasteiger partial charge is 0.337 e. The van der Waals surface area contributed by atoms with Crippen LogP contribution in [0.2, 0.25) is 0 Å². The van der Waals surface area contributed by atoms with Gasteiger partial charge in [-0.2, -0.15) is 5.10 Å². The van der Waals surface area contributed by atoms with Gasteiger partial charge in [-0.15, -0.1) is 0 Å². The van der Waals surface area contributed by atoms with E-state index in [9.17, 15) is 9.18 Å². The van der Waals surface area contributed by atoms with Crippen molar-refractivity contribution in [3.63, 3.8) is 0 Å². The van der Waals surface area contributed by atoms with E-state index < -0.39 is 0 Å². The lowest BCUT2D eigenvalue weighted by molar-refractivity contribution is 0.0756. The van der Waals surface area contributed by atoms with Gasteiger partial charge in [0, 0.05) is 48.7 Å². The Morgan fingerprint density at radius 2 is 1.92 bits per heavy atom. The lowest BCUT2D eigenvalue weighted by Gasteiger charge is -2.19. The smallest absolute Gasteiger partial charge is 0.274 e. The molecule has 0 spiro atoms. The Morgan fingerprint density at radius 1 is 1.12 bits per heavy atom. The number of hydrogen-bond donors (Lipinski definition) is 1. The second-order valence-corrected chi connectivity index (χ2v) is 5.92. The first-order valence-corrected chi connectivity index (χ1v) is 8.10. The van der Waals surface area contributed by atoms with E-state index in [4.69, 9.17) is 0 Å². The van der Waals surface area contributed by atoms with Crippen molar-refractivity contribution in [3.8, 4) is 11.3 Å². The standard InChI is InChI=1S/C18H16FN5O/c19-13-3-1-12(2-4-13)17-14-5-9-24(10-6-15(14)22-23-17)18(25)16-11-20-7-8-21-16/h1-4,7-8,11H,5-6,9-10H2,(H,22,23). The minimum atomic E-state index is -0.272. The summed E-state index contributed by atoms with van der Waals surface area (Å²) in [7, 11) is 0. The van der Waals surface area contributed by atoms with Crippen molar-refractivity contribution in [3.05, 3.63) is 65.6 Å². The number of amides is 1. The van der Waals surface area contributed by atoms with Gasteiger partial charge in [0.2, 0.25) is 0 Å². The Bertz CT molecular complexity index is 892. The van der Waals surface area contributed by atoms with Crippen molar-refractivity contribution >= 4 is 5.91 Å². The summed E-state index contributed by atoms with van der Waals surface area (Å²) < 4.78 is 13.2. The van der Waals surface area contributed by atoms with Gasteiger partial charge >= 0.3 is 0 Å². The summed E-state index contributed by atoms with van der Waals surface area (Å²) in [5, 5.41) is 7.46. The van der Waals surface area contributed by atoms with Crippen LogP contribution in [0, 0.1) is 5.82 Å². The third-order valence-corrected chi connectivity index (χ3v) is 4.40. The monoisotopic (exact) mass is 337 g/mol. The molecule has 4 rings (SSSR count). The Labute approximate surface area is 143 Å². The van der Waals surface area contributed by atoms with E-state index in [2.05, 4.69) is 20.2 Å². The molecule has 1 N–H and O–H groups in total. The summed E-state index contributed by atoms with van der Waals surface area (Å²) in [6.45, 7) is 1.17. The summed E-state index contributed by atoms with van der Waals surface area (Å²) in [6.07, 6.45) is 5.92. The van der Waals surface area contributed by atoms with Gasteiger partial charge in [-0.1, -0.05) is 0 Å². The van der Waals surface area contributed by atoms with E-state index in [-0.39, 0.29) is 11.7 Å². The molecule has 0 fully saturated rings. The number of H-pyrrole nitrogens is 1. The fraction of sp³-hybridized carbons (Fsp3) is 0.222. The Morgan fingerprint density at radius 3 is 2.68 bits per heavy atom. The second kappa shape index (κ2) is 6.43. The molecular formula is C18H16FN5O. The zero-order valence-corrected chi connectivity index (χ0v) is 13.4. The minimum absolute atomic E-state index is 0.116. The number of hydrogen-bond acceptors (Lipinski definition) is 4. The molecule has 0 aliphatic carbocycles. The van der Waals surface area contributed by atoms with Crippen molar-refractivity contribution in [2.24, 2.45) is 0 Å². The number of halogens is 1. The van der Waals surface area contributed by atoms with Crippen LogP contribution in [0.4, 0.5) is 4.39 Å². The predicted molar refractivity (Wildman–Crippen MR) is 89.3 cm³/mol.